The number of nitrogens with zero attached hydrogens (tertiary/aromatic N) is 7. The monoisotopic (exact) mass is 425 g/mol. The third-order valence-corrected chi connectivity index (χ3v) is 5.26. The van der Waals surface area contributed by atoms with E-state index in [0.717, 1.165) is 0 Å². The molecule has 0 atom stereocenters. The third-order valence-electron chi connectivity index (χ3n) is 4.45. The maximum absolute atomic E-state index is 14.6. The first-order valence-corrected chi connectivity index (χ1v) is 9.25. The molecule has 0 saturated carbocycles. The van der Waals surface area contributed by atoms with Gasteiger partial charge in [0.1, 0.15) is 24.3 Å². The lowest BCUT2D eigenvalue weighted by Crippen LogP contribution is -2.12. The van der Waals surface area contributed by atoms with Gasteiger partial charge in [0, 0.05) is 18.0 Å². The van der Waals surface area contributed by atoms with E-state index >= 15 is 0 Å². The van der Waals surface area contributed by atoms with E-state index in [1.165, 1.54) is 24.7 Å². The van der Waals surface area contributed by atoms with Crippen molar-refractivity contribution in [2.45, 2.75) is 6.54 Å². The van der Waals surface area contributed by atoms with Gasteiger partial charge in [-0.3, -0.25) is 14.5 Å². The van der Waals surface area contributed by atoms with Crippen molar-refractivity contribution in [3.8, 4) is 17.2 Å². The van der Waals surface area contributed by atoms with Crippen LogP contribution < -0.4 is 0 Å². The molecule has 0 bridgehead atoms. The largest absolute Gasteiger partial charge is 0.275 e. The SMILES string of the molecule is Fc1cccnc1C1=NCc2nnc(-c3ccncn3)n2-c2ccc(Cl)c(Cl)c21. The molecule has 0 radical (unpaired) electrons. The lowest BCUT2D eigenvalue weighted by Gasteiger charge is -2.15. The van der Waals surface area contributed by atoms with Gasteiger partial charge in [-0.25, -0.2) is 14.4 Å². The van der Waals surface area contributed by atoms with Crippen LogP contribution in [0.1, 0.15) is 17.1 Å². The van der Waals surface area contributed by atoms with Crippen molar-refractivity contribution in [1.82, 2.24) is 29.7 Å². The Balaban J connectivity index is 1.82. The van der Waals surface area contributed by atoms with Crippen LogP contribution in [0, 0.1) is 5.82 Å². The molecule has 1 aromatic carbocycles. The first-order chi connectivity index (χ1) is 14.1. The van der Waals surface area contributed by atoms with Gasteiger partial charge in [0.05, 0.1) is 21.4 Å². The molecule has 29 heavy (non-hydrogen) atoms. The minimum absolute atomic E-state index is 0.0835. The fourth-order valence-corrected chi connectivity index (χ4v) is 3.60. The van der Waals surface area contributed by atoms with Crippen LogP contribution in [-0.4, -0.2) is 35.4 Å². The number of benzene rings is 1. The number of rotatable bonds is 2. The van der Waals surface area contributed by atoms with E-state index in [0.29, 0.717) is 39.3 Å². The summed E-state index contributed by atoms with van der Waals surface area (Å²) in [5.41, 5.74) is 2.01. The molecule has 3 aromatic heterocycles. The van der Waals surface area contributed by atoms with Gasteiger partial charge in [0.15, 0.2) is 17.5 Å². The molecule has 0 amide bonds. The summed E-state index contributed by atoms with van der Waals surface area (Å²) in [4.78, 5) is 16.9. The van der Waals surface area contributed by atoms with Crippen molar-refractivity contribution in [3.63, 3.8) is 0 Å². The fraction of sp³-hybridized carbons (Fsp3) is 0.0526. The van der Waals surface area contributed by atoms with Crippen LogP contribution in [0.4, 0.5) is 4.39 Å². The van der Waals surface area contributed by atoms with E-state index in [2.05, 4.69) is 30.1 Å². The number of aromatic nitrogens is 6. The van der Waals surface area contributed by atoms with E-state index in [9.17, 15) is 4.39 Å². The molecular weight excluding hydrogens is 416 g/mol. The molecule has 5 rings (SSSR count). The van der Waals surface area contributed by atoms with Gasteiger partial charge in [-0.1, -0.05) is 23.2 Å². The summed E-state index contributed by atoms with van der Waals surface area (Å²) in [6.07, 6.45) is 4.53. The quantitative estimate of drug-likeness (QED) is 0.486. The Kier molecular flexibility index (Phi) is 4.30. The number of aliphatic imine (C=N–C) groups is 1. The van der Waals surface area contributed by atoms with Crippen LogP contribution in [0.3, 0.4) is 0 Å². The summed E-state index contributed by atoms with van der Waals surface area (Å²) in [6.45, 7) is 0.145. The lowest BCUT2D eigenvalue weighted by molar-refractivity contribution is 0.618. The minimum atomic E-state index is -0.512. The minimum Gasteiger partial charge on any atom is -0.275 e. The average molecular weight is 426 g/mol. The average Bonchev–Trinajstić information content (AvgIpc) is 3.09. The second-order valence-corrected chi connectivity index (χ2v) is 6.91. The summed E-state index contributed by atoms with van der Waals surface area (Å²) in [5.74, 6) is 0.520. The summed E-state index contributed by atoms with van der Waals surface area (Å²) in [7, 11) is 0. The van der Waals surface area contributed by atoms with Crippen LogP contribution in [-0.2, 0) is 6.54 Å². The molecule has 10 heteroatoms. The zero-order valence-corrected chi connectivity index (χ0v) is 16.1. The predicted molar refractivity (Wildman–Crippen MR) is 106 cm³/mol. The van der Waals surface area contributed by atoms with Gasteiger partial charge in [-0.05, 0) is 30.3 Å². The van der Waals surface area contributed by atoms with Crippen molar-refractivity contribution in [3.05, 3.63) is 82.0 Å². The standard InChI is InChI=1S/C19H10Cl2FN7/c20-10-3-4-13-15(16(10)21)18(17-11(22)2-1-6-24-17)25-8-14-27-28-19(29(13)14)12-5-7-23-9-26-12/h1-7,9H,8H2. The molecule has 142 valence electrons. The Labute approximate surface area is 173 Å². The zero-order valence-electron chi connectivity index (χ0n) is 14.6. The molecule has 1 aliphatic rings. The smallest absolute Gasteiger partial charge is 0.187 e. The van der Waals surface area contributed by atoms with E-state index in [1.807, 2.05) is 0 Å². The van der Waals surface area contributed by atoms with Crippen LogP contribution >= 0.6 is 23.2 Å². The molecule has 4 aromatic rings. The number of hydrogen-bond acceptors (Lipinski definition) is 6. The highest BCUT2D eigenvalue weighted by Gasteiger charge is 2.28. The van der Waals surface area contributed by atoms with Gasteiger partial charge < -0.3 is 0 Å². The molecule has 0 N–H and O–H groups in total. The van der Waals surface area contributed by atoms with Gasteiger partial charge >= 0.3 is 0 Å². The highest BCUT2D eigenvalue weighted by Crippen LogP contribution is 2.36. The van der Waals surface area contributed by atoms with Crippen molar-refractivity contribution < 1.29 is 4.39 Å². The number of hydrogen-bond donors (Lipinski definition) is 0. The third kappa shape index (κ3) is 2.88. The van der Waals surface area contributed by atoms with E-state index in [-0.39, 0.29) is 17.3 Å². The van der Waals surface area contributed by atoms with Crippen molar-refractivity contribution in [1.29, 1.82) is 0 Å². The molecule has 4 heterocycles. The van der Waals surface area contributed by atoms with Crippen molar-refractivity contribution in [2.75, 3.05) is 0 Å². The van der Waals surface area contributed by atoms with E-state index in [4.69, 9.17) is 23.2 Å². The van der Waals surface area contributed by atoms with Crippen LogP contribution in [0.25, 0.3) is 17.2 Å². The Hall–Kier alpha value is -3.23. The summed E-state index contributed by atoms with van der Waals surface area (Å²) < 4.78 is 16.3. The molecule has 0 saturated heterocycles. The first kappa shape index (κ1) is 17.8. The highest BCUT2D eigenvalue weighted by molar-refractivity contribution is 6.45. The van der Waals surface area contributed by atoms with E-state index < -0.39 is 5.82 Å². The highest BCUT2D eigenvalue weighted by atomic mass is 35.5. The number of halogens is 3. The molecule has 7 nitrogen and oxygen atoms in total. The van der Waals surface area contributed by atoms with E-state index in [1.54, 1.807) is 29.0 Å². The van der Waals surface area contributed by atoms with Crippen LogP contribution in [0.5, 0.6) is 0 Å². The van der Waals surface area contributed by atoms with Gasteiger partial charge in [0.25, 0.3) is 0 Å². The topological polar surface area (TPSA) is 81.7 Å². The summed E-state index contributed by atoms with van der Waals surface area (Å²) in [6, 6.07) is 7.98. The van der Waals surface area contributed by atoms with Gasteiger partial charge in [-0.2, -0.15) is 0 Å². The Morgan fingerprint density at radius 3 is 2.69 bits per heavy atom. The fourth-order valence-electron chi connectivity index (χ4n) is 3.20. The van der Waals surface area contributed by atoms with Gasteiger partial charge in [0.2, 0.25) is 0 Å². The molecule has 0 spiro atoms. The zero-order chi connectivity index (χ0) is 20.0. The second kappa shape index (κ2) is 6.98. The predicted octanol–water partition coefficient (Wildman–Crippen LogP) is 3.92. The first-order valence-electron chi connectivity index (χ1n) is 8.50. The number of fused-ring (bicyclic) bond motifs is 3. The molecular formula is C19H10Cl2FN7. The molecule has 0 aliphatic carbocycles. The Morgan fingerprint density at radius 2 is 1.90 bits per heavy atom. The normalized spacial score (nSPS) is 12.7. The molecule has 1 aliphatic heterocycles. The Bertz CT molecular complexity index is 1270. The van der Waals surface area contributed by atoms with Crippen molar-refractivity contribution in [2.24, 2.45) is 4.99 Å². The maximum atomic E-state index is 14.6. The molecule has 0 fully saturated rings. The molecule has 0 unspecified atom stereocenters. The number of pyridine rings is 1. The van der Waals surface area contributed by atoms with Gasteiger partial charge in [-0.15, -0.1) is 10.2 Å². The Morgan fingerprint density at radius 1 is 1.00 bits per heavy atom. The van der Waals surface area contributed by atoms with Crippen molar-refractivity contribution >= 4 is 28.9 Å². The second-order valence-electron chi connectivity index (χ2n) is 6.12. The van der Waals surface area contributed by atoms with Crippen LogP contribution in [0.2, 0.25) is 10.0 Å². The lowest BCUT2D eigenvalue weighted by atomic mass is 10.0. The van der Waals surface area contributed by atoms with Crippen LogP contribution in [0.15, 0.2) is 54.0 Å². The summed E-state index contributed by atoms with van der Waals surface area (Å²) >= 11 is 12.9. The maximum Gasteiger partial charge on any atom is 0.187 e. The summed E-state index contributed by atoms with van der Waals surface area (Å²) in [5, 5.41) is 9.07.